The number of carbonyl (C=O) groups is 1. The highest BCUT2D eigenvalue weighted by atomic mass is 16.6. The van der Waals surface area contributed by atoms with E-state index >= 15 is 0 Å². The van der Waals surface area contributed by atoms with Crippen LogP contribution in [0.1, 0.15) is 141 Å². The number of rotatable bonds is 5. The molecule has 7 nitrogen and oxygen atoms in total. The Morgan fingerprint density at radius 2 is 1.59 bits per heavy atom. The minimum Gasteiger partial charge on any atom is -0.446 e. The van der Waals surface area contributed by atoms with Crippen molar-refractivity contribution in [1.29, 1.82) is 0 Å². The number of fused-ring (bicyclic) bond motifs is 5. The van der Waals surface area contributed by atoms with E-state index in [-0.39, 0.29) is 40.6 Å². The summed E-state index contributed by atoms with van der Waals surface area (Å²) in [5, 5.41) is 19.6. The van der Waals surface area contributed by atoms with E-state index in [0.717, 1.165) is 89.0 Å². The summed E-state index contributed by atoms with van der Waals surface area (Å²) in [7, 11) is 0. The highest BCUT2D eigenvalue weighted by Crippen LogP contribution is 2.70. The van der Waals surface area contributed by atoms with Gasteiger partial charge < -0.3 is 24.9 Å². The van der Waals surface area contributed by atoms with Gasteiger partial charge in [0.1, 0.15) is 6.10 Å². The monoisotopic (exact) mass is 608 g/mol. The van der Waals surface area contributed by atoms with Crippen LogP contribution in [0.15, 0.2) is 27.6 Å². The van der Waals surface area contributed by atoms with Gasteiger partial charge in [-0.1, -0.05) is 33.1 Å². The van der Waals surface area contributed by atoms with Crippen LogP contribution < -0.4 is 16.3 Å². The molecule has 44 heavy (non-hydrogen) atoms. The van der Waals surface area contributed by atoms with Gasteiger partial charge in [0.25, 0.3) is 0 Å². The van der Waals surface area contributed by atoms with Crippen molar-refractivity contribution in [1.82, 2.24) is 10.6 Å². The number of amides is 1. The number of aliphatic hydroxyl groups is 1. The van der Waals surface area contributed by atoms with Gasteiger partial charge >= 0.3 is 11.7 Å². The number of carbonyl (C=O) groups excluding carboxylic acids is 1. The number of ether oxygens (including phenoxy) is 1. The summed E-state index contributed by atoms with van der Waals surface area (Å²) in [4.78, 5) is 24.6. The minimum atomic E-state index is -0.692. The molecule has 8 atom stereocenters. The van der Waals surface area contributed by atoms with E-state index in [2.05, 4.69) is 24.5 Å². The van der Waals surface area contributed by atoms with E-state index in [0.29, 0.717) is 29.8 Å². The van der Waals surface area contributed by atoms with Gasteiger partial charge in [0.2, 0.25) is 0 Å². The molecule has 0 saturated heterocycles. The van der Waals surface area contributed by atoms with Crippen LogP contribution in [0.5, 0.6) is 0 Å². The number of alkyl carbamates (subject to hydrolysis) is 1. The van der Waals surface area contributed by atoms with Crippen LogP contribution in [0.3, 0.4) is 0 Å². The molecule has 6 aliphatic rings. The first kappa shape index (κ1) is 30.8. The average molecular weight is 609 g/mol. The standard InChI is InChI=1S/C37H56N2O5/c1-35-19-16-29(44-34(41)39-28-12-10-27(11-13-28)38-26-6-4-3-5-7-26)22-25(35)9-14-32-31(35)17-20-36(2)30(18-21-37(32,36)42)24-8-15-33(40)43-23-24/h8,15,23,25-32,38,42H,3-7,9-14,16-22H2,1-2H3,(H,39,41)/t25-,27?,28?,29+,30-,31+,32-,35+,36-,37+/m1/s1. The molecule has 6 fully saturated rings. The molecule has 6 aliphatic carbocycles. The molecule has 244 valence electrons. The van der Waals surface area contributed by atoms with Crippen LogP contribution in [0.4, 0.5) is 4.79 Å². The van der Waals surface area contributed by atoms with E-state index < -0.39 is 5.60 Å². The Morgan fingerprint density at radius 1 is 0.841 bits per heavy atom. The highest BCUT2D eigenvalue weighted by Gasteiger charge is 2.67. The van der Waals surface area contributed by atoms with Gasteiger partial charge in [-0.2, -0.15) is 0 Å². The Bertz CT molecular complexity index is 1220. The number of hydrogen-bond acceptors (Lipinski definition) is 6. The van der Waals surface area contributed by atoms with E-state index in [4.69, 9.17) is 9.15 Å². The molecular formula is C37H56N2O5. The van der Waals surface area contributed by atoms with E-state index in [9.17, 15) is 14.7 Å². The second kappa shape index (κ2) is 12.1. The fraction of sp³-hybridized carbons (Fsp3) is 0.838. The molecule has 7 heteroatoms. The Morgan fingerprint density at radius 3 is 2.34 bits per heavy atom. The zero-order chi connectivity index (χ0) is 30.5. The van der Waals surface area contributed by atoms with Gasteiger partial charge in [-0.05, 0) is 137 Å². The van der Waals surface area contributed by atoms with E-state index in [1.807, 2.05) is 6.07 Å². The molecule has 6 saturated carbocycles. The molecule has 7 rings (SSSR count). The fourth-order valence-electron chi connectivity index (χ4n) is 11.8. The smallest absolute Gasteiger partial charge is 0.407 e. The maximum atomic E-state index is 13.0. The van der Waals surface area contributed by atoms with Crippen LogP contribution in [-0.2, 0) is 4.74 Å². The molecule has 0 unspecified atom stereocenters. The molecule has 1 aromatic heterocycles. The maximum Gasteiger partial charge on any atom is 0.407 e. The van der Waals surface area contributed by atoms with Crippen molar-refractivity contribution in [3.8, 4) is 0 Å². The molecule has 1 amide bonds. The normalized spacial score (nSPS) is 44.2. The lowest BCUT2D eigenvalue weighted by Crippen LogP contribution is -2.62. The second-order valence-corrected chi connectivity index (χ2v) is 16.3. The highest BCUT2D eigenvalue weighted by molar-refractivity contribution is 5.67. The lowest BCUT2D eigenvalue weighted by molar-refractivity contribution is -0.205. The summed E-state index contributed by atoms with van der Waals surface area (Å²) in [5.74, 6) is 1.55. The topological polar surface area (TPSA) is 101 Å². The Kier molecular flexibility index (Phi) is 8.43. The Labute approximate surface area is 263 Å². The average Bonchev–Trinajstić information content (AvgIpc) is 3.30. The Balaban J connectivity index is 0.923. The molecule has 0 aliphatic heterocycles. The quantitative estimate of drug-likeness (QED) is 0.327. The van der Waals surface area contributed by atoms with Crippen molar-refractivity contribution in [2.24, 2.45) is 28.6 Å². The third kappa shape index (κ3) is 5.46. The summed E-state index contributed by atoms with van der Waals surface area (Å²) in [6.45, 7) is 4.78. The summed E-state index contributed by atoms with van der Waals surface area (Å²) in [6.07, 6.45) is 21.5. The summed E-state index contributed by atoms with van der Waals surface area (Å²) >= 11 is 0. The van der Waals surface area contributed by atoms with E-state index in [1.165, 1.54) is 38.2 Å². The summed E-state index contributed by atoms with van der Waals surface area (Å²) in [5.41, 5.74) is 0.0201. The summed E-state index contributed by atoms with van der Waals surface area (Å²) < 4.78 is 11.4. The summed E-state index contributed by atoms with van der Waals surface area (Å²) in [6, 6.07) is 4.97. The van der Waals surface area contributed by atoms with Gasteiger partial charge in [0, 0.05) is 29.6 Å². The molecule has 0 spiro atoms. The van der Waals surface area contributed by atoms with Crippen LogP contribution in [0.25, 0.3) is 0 Å². The third-order valence-electron chi connectivity index (χ3n) is 14.3. The first-order valence-electron chi connectivity index (χ1n) is 18.2. The lowest BCUT2D eigenvalue weighted by atomic mass is 9.43. The molecule has 3 N–H and O–H groups in total. The zero-order valence-corrected chi connectivity index (χ0v) is 27.2. The lowest BCUT2D eigenvalue weighted by Gasteiger charge is -2.63. The van der Waals surface area contributed by atoms with Crippen LogP contribution in [-0.4, -0.2) is 41.0 Å². The fourth-order valence-corrected chi connectivity index (χ4v) is 11.8. The molecule has 0 bridgehead atoms. The van der Waals surface area contributed by atoms with Crippen molar-refractivity contribution < 1.29 is 19.1 Å². The second-order valence-electron chi connectivity index (χ2n) is 16.3. The predicted octanol–water partition coefficient (Wildman–Crippen LogP) is 7.21. The van der Waals surface area contributed by atoms with E-state index in [1.54, 1.807) is 6.26 Å². The molecule has 0 aromatic carbocycles. The maximum absolute atomic E-state index is 13.0. The molecular weight excluding hydrogens is 552 g/mol. The first-order valence-corrected chi connectivity index (χ1v) is 18.2. The molecule has 0 radical (unpaired) electrons. The molecule has 1 aromatic rings. The number of nitrogens with one attached hydrogen (secondary N) is 2. The van der Waals surface area contributed by atoms with Crippen LogP contribution in [0, 0.1) is 28.6 Å². The van der Waals surface area contributed by atoms with Crippen molar-refractivity contribution >= 4 is 6.09 Å². The van der Waals surface area contributed by atoms with Crippen molar-refractivity contribution in [3.63, 3.8) is 0 Å². The Hall–Kier alpha value is -1.86. The van der Waals surface area contributed by atoms with Gasteiger partial charge in [-0.25, -0.2) is 9.59 Å². The number of hydrogen-bond donors (Lipinski definition) is 3. The van der Waals surface area contributed by atoms with Crippen LogP contribution in [0.2, 0.25) is 0 Å². The van der Waals surface area contributed by atoms with Gasteiger partial charge in [0.15, 0.2) is 0 Å². The third-order valence-corrected chi connectivity index (χ3v) is 14.3. The van der Waals surface area contributed by atoms with Gasteiger partial charge in [-0.15, -0.1) is 0 Å². The minimum absolute atomic E-state index is 0.00512. The first-order chi connectivity index (χ1) is 21.2. The largest absolute Gasteiger partial charge is 0.446 e. The molecule has 1 heterocycles. The van der Waals surface area contributed by atoms with Crippen LogP contribution >= 0.6 is 0 Å². The zero-order valence-electron chi connectivity index (χ0n) is 27.2. The van der Waals surface area contributed by atoms with Gasteiger partial charge in [-0.3, -0.25) is 0 Å². The predicted molar refractivity (Wildman–Crippen MR) is 170 cm³/mol. The van der Waals surface area contributed by atoms with Crippen molar-refractivity contribution in [2.75, 3.05) is 0 Å². The van der Waals surface area contributed by atoms with Crippen molar-refractivity contribution in [2.45, 2.75) is 165 Å². The SMILES string of the molecule is C[C@]12CC[C@H](OC(=O)NC3CCC(NC4CCCCC4)CC3)C[C@H]1CC[C@@H]1[C@@H]2CC[C@]2(C)[C@@H](c3ccc(=O)oc3)CC[C@]12O. The van der Waals surface area contributed by atoms with Gasteiger partial charge in [0.05, 0.1) is 11.9 Å². The van der Waals surface area contributed by atoms with Crippen molar-refractivity contribution in [3.05, 3.63) is 34.4 Å².